The van der Waals surface area contributed by atoms with E-state index in [0.717, 1.165) is 18.4 Å². The van der Waals surface area contributed by atoms with Crippen LogP contribution in [-0.4, -0.2) is 22.1 Å². The summed E-state index contributed by atoms with van der Waals surface area (Å²) in [5, 5.41) is 0. The van der Waals surface area contributed by atoms with Gasteiger partial charge in [0.25, 0.3) is 0 Å². The molecule has 2 aliphatic rings. The third kappa shape index (κ3) is 3.76. The van der Waals surface area contributed by atoms with Crippen LogP contribution in [0.25, 0.3) is 0 Å². The van der Waals surface area contributed by atoms with Crippen molar-refractivity contribution in [3.63, 3.8) is 0 Å². The van der Waals surface area contributed by atoms with E-state index >= 15 is 0 Å². The summed E-state index contributed by atoms with van der Waals surface area (Å²) in [4.78, 5) is 18.0. The van der Waals surface area contributed by atoms with Crippen LogP contribution >= 0.6 is 0 Å². The van der Waals surface area contributed by atoms with E-state index in [4.69, 9.17) is 4.74 Å². The Morgan fingerprint density at radius 1 is 1.22 bits per heavy atom. The number of benzene rings is 1. The predicted octanol–water partition coefficient (Wildman–Crippen LogP) is 6.12. The van der Waals surface area contributed by atoms with Crippen molar-refractivity contribution in [1.29, 1.82) is 0 Å². The van der Waals surface area contributed by atoms with Gasteiger partial charge in [-0.2, -0.15) is 0 Å². The summed E-state index contributed by atoms with van der Waals surface area (Å²) in [6, 6.07) is 10.2. The minimum absolute atomic E-state index is 0.0832. The summed E-state index contributed by atoms with van der Waals surface area (Å²) in [5.74, 6) is -0.0647. The Morgan fingerprint density at radius 3 is 2.75 bits per heavy atom. The standard InChI is InChI=1S/C28H34N2O2/c1-3-4-5-6-7-9-12-24-16-15-23(2)28(21-24,30-19-18-29-22-30)27(17-20-32-26(27)31)25-13-10-8-11-14-25/h7-11,13-16,18-19,21-23H,3-6,12,17,20H2,1-2H3. The average molecular weight is 431 g/mol. The zero-order chi connectivity index (χ0) is 22.4. The maximum Gasteiger partial charge on any atom is 0.319 e. The molecule has 0 spiro atoms. The summed E-state index contributed by atoms with van der Waals surface area (Å²) < 4.78 is 7.81. The Hall–Kier alpha value is -2.88. The van der Waals surface area contributed by atoms with Crippen LogP contribution in [0.5, 0.6) is 0 Å². The van der Waals surface area contributed by atoms with E-state index in [1.807, 2.05) is 30.7 Å². The highest BCUT2D eigenvalue weighted by molar-refractivity contribution is 5.87. The molecule has 0 bridgehead atoms. The first kappa shape index (κ1) is 22.3. The lowest BCUT2D eigenvalue weighted by atomic mass is 9.57. The Kier molecular flexibility index (Phi) is 6.78. The van der Waals surface area contributed by atoms with E-state index in [9.17, 15) is 4.79 Å². The van der Waals surface area contributed by atoms with Gasteiger partial charge in [0, 0.05) is 24.7 Å². The van der Waals surface area contributed by atoms with Gasteiger partial charge in [0.2, 0.25) is 0 Å². The van der Waals surface area contributed by atoms with Crippen LogP contribution in [-0.2, 0) is 20.5 Å². The van der Waals surface area contributed by atoms with E-state index in [-0.39, 0.29) is 11.9 Å². The number of hydrogen-bond donors (Lipinski definition) is 0. The summed E-state index contributed by atoms with van der Waals surface area (Å²) in [7, 11) is 0. The van der Waals surface area contributed by atoms with Crippen LogP contribution in [0.4, 0.5) is 0 Å². The van der Waals surface area contributed by atoms with Gasteiger partial charge in [-0.3, -0.25) is 4.79 Å². The van der Waals surface area contributed by atoms with Crippen LogP contribution in [0, 0.1) is 5.92 Å². The second-order valence-electron chi connectivity index (χ2n) is 8.99. The lowest BCUT2D eigenvalue weighted by Crippen LogP contribution is -2.58. The van der Waals surface area contributed by atoms with Gasteiger partial charge in [0.05, 0.1) is 18.5 Å². The largest absolute Gasteiger partial charge is 0.465 e. The molecule has 1 aromatic heterocycles. The Balaban J connectivity index is 1.80. The van der Waals surface area contributed by atoms with Gasteiger partial charge < -0.3 is 9.30 Å². The van der Waals surface area contributed by atoms with E-state index in [1.165, 1.54) is 24.8 Å². The SMILES string of the molecule is CCCCCC=CCC1=CC(n2ccnc2)(C2(c3ccccc3)CCOC2=O)C(C)C=C1. The van der Waals surface area contributed by atoms with Crippen LogP contribution in [0.3, 0.4) is 0 Å². The van der Waals surface area contributed by atoms with Crippen LogP contribution in [0.1, 0.15) is 57.9 Å². The number of carbonyl (C=O) groups excluding carboxylic acids is 1. The van der Waals surface area contributed by atoms with Crippen molar-refractivity contribution in [2.24, 2.45) is 5.92 Å². The van der Waals surface area contributed by atoms with Crippen molar-refractivity contribution < 1.29 is 9.53 Å². The Bertz CT molecular complexity index is 990. The van der Waals surface area contributed by atoms with Crippen LogP contribution in [0.2, 0.25) is 0 Å². The van der Waals surface area contributed by atoms with Crippen molar-refractivity contribution in [2.75, 3.05) is 6.61 Å². The van der Waals surface area contributed by atoms with Gasteiger partial charge in [-0.05, 0) is 30.4 Å². The van der Waals surface area contributed by atoms with Crippen LogP contribution in [0.15, 0.2) is 85.0 Å². The van der Waals surface area contributed by atoms with E-state index in [2.05, 4.69) is 65.9 Å². The average Bonchev–Trinajstić information content (AvgIpc) is 3.49. The highest BCUT2D eigenvalue weighted by Gasteiger charge is 2.63. The topological polar surface area (TPSA) is 44.1 Å². The number of unbranched alkanes of at least 4 members (excludes halogenated alkanes) is 3. The molecule has 2 aromatic rings. The second kappa shape index (κ2) is 9.72. The molecule has 1 aliphatic heterocycles. The van der Waals surface area contributed by atoms with Crippen LogP contribution < -0.4 is 0 Å². The third-order valence-electron chi connectivity index (χ3n) is 7.13. The molecular weight excluding hydrogens is 396 g/mol. The molecule has 0 saturated carbocycles. The number of cyclic esters (lactones) is 1. The number of carbonyl (C=O) groups is 1. The number of hydrogen-bond acceptors (Lipinski definition) is 3. The molecular formula is C28H34N2O2. The number of aromatic nitrogens is 2. The number of rotatable bonds is 9. The molecule has 4 rings (SSSR count). The molecule has 0 radical (unpaired) electrons. The number of esters is 1. The maximum atomic E-state index is 13.6. The van der Waals surface area contributed by atoms with Gasteiger partial charge >= 0.3 is 5.97 Å². The number of imidazole rings is 1. The maximum absolute atomic E-state index is 13.6. The molecule has 1 saturated heterocycles. The van der Waals surface area contributed by atoms with E-state index in [1.54, 1.807) is 6.20 Å². The zero-order valence-electron chi connectivity index (χ0n) is 19.2. The number of allylic oxidation sites excluding steroid dienone is 6. The van der Waals surface area contributed by atoms with Gasteiger partial charge in [-0.1, -0.05) is 87.4 Å². The molecule has 168 valence electrons. The second-order valence-corrected chi connectivity index (χ2v) is 8.99. The van der Waals surface area contributed by atoms with Crippen molar-refractivity contribution in [2.45, 2.75) is 63.3 Å². The first-order chi connectivity index (χ1) is 15.6. The Labute approximate surface area is 191 Å². The summed E-state index contributed by atoms with van der Waals surface area (Å²) in [5.41, 5.74) is 0.788. The predicted molar refractivity (Wildman–Crippen MR) is 128 cm³/mol. The fourth-order valence-electron chi connectivity index (χ4n) is 5.48. The first-order valence-electron chi connectivity index (χ1n) is 11.9. The van der Waals surface area contributed by atoms with Gasteiger partial charge in [-0.25, -0.2) is 4.98 Å². The smallest absolute Gasteiger partial charge is 0.319 e. The number of ether oxygens (including phenoxy) is 1. The van der Waals surface area contributed by atoms with E-state index in [0.29, 0.717) is 13.0 Å². The van der Waals surface area contributed by atoms with Crippen molar-refractivity contribution >= 4 is 5.97 Å². The summed E-state index contributed by atoms with van der Waals surface area (Å²) in [6.07, 6.45) is 23.3. The van der Waals surface area contributed by atoms with Gasteiger partial charge in [-0.15, -0.1) is 0 Å². The summed E-state index contributed by atoms with van der Waals surface area (Å²) in [6.45, 7) is 4.86. The lowest BCUT2D eigenvalue weighted by molar-refractivity contribution is -0.146. The fourth-order valence-corrected chi connectivity index (χ4v) is 5.48. The highest BCUT2D eigenvalue weighted by Crippen LogP contribution is 2.54. The van der Waals surface area contributed by atoms with Crippen molar-refractivity contribution in [3.05, 3.63) is 90.6 Å². The molecule has 0 amide bonds. The molecule has 4 nitrogen and oxygen atoms in total. The minimum atomic E-state index is -0.810. The highest BCUT2D eigenvalue weighted by atomic mass is 16.5. The fraction of sp³-hybridized carbons (Fsp3) is 0.429. The zero-order valence-corrected chi connectivity index (χ0v) is 19.2. The molecule has 4 heteroatoms. The molecule has 1 aliphatic carbocycles. The molecule has 2 heterocycles. The first-order valence-corrected chi connectivity index (χ1v) is 11.9. The molecule has 1 aromatic carbocycles. The molecule has 32 heavy (non-hydrogen) atoms. The monoisotopic (exact) mass is 430 g/mol. The van der Waals surface area contributed by atoms with Gasteiger partial charge in [0.1, 0.15) is 5.41 Å². The lowest BCUT2D eigenvalue weighted by Gasteiger charge is -2.50. The molecule has 3 atom stereocenters. The quantitative estimate of drug-likeness (QED) is 0.273. The Morgan fingerprint density at radius 2 is 2.06 bits per heavy atom. The molecule has 3 unspecified atom stereocenters. The van der Waals surface area contributed by atoms with Crippen molar-refractivity contribution in [1.82, 2.24) is 9.55 Å². The normalized spacial score (nSPS) is 27.6. The molecule has 0 N–H and O–H groups in total. The summed E-state index contributed by atoms with van der Waals surface area (Å²) >= 11 is 0. The number of nitrogens with zero attached hydrogens (tertiary/aromatic N) is 2. The minimum Gasteiger partial charge on any atom is -0.465 e. The molecule has 1 fully saturated rings. The van der Waals surface area contributed by atoms with Gasteiger partial charge in [0.15, 0.2) is 0 Å². The van der Waals surface area contributed by atoms with Crippen molar-refractivity contribution in [3.8, 4) is 0 Å². The third-order valence-corrected chi connectivity index (χ3v) is 7.13. The van der Waals surface area contributed by atoms with E-state index < -0.39 is 11.0 Å².